The van der Waals surface area contributed by atoms with Gasteiger partial charge in [-0.1, -0.05) is 60.2 Å². The first kappa shape index (κ1) is 24.0. The molecule has 1 aliphatic heterocycles. The minimum absolute atomic E-state index is 0.131. The van der Waals surface area contributed by atoms with E-state index in [1.807, 2.05) is 55.5 Å². The highest BCUT2D eigenvalue weighted by molar-refractivity contribution is 8.18. The van der Waals surface area contributed by atoms with Gasteiger partial charge in [-0.05, 0) is 54.6 Å². The number of thioether (sulfide) groups is 1. The smallest absolute Gasteiger partial charge is 0.335 e. The minimum atomic E-state index is -1.03. The lowest BCUT2D eigenvalue weighted by Crippen LogP contribution is -2.29. The monoisotopic (exact) mass is 484 g/mol. The molecule has 3 aromatic carbocycles. The SMILES string of the molecule is C=CCN1C(=O)/C(=C/c2ccccc2OCc2ccc(C)cc2)SC1=Nc1cccc(C(=O)O)c1. The number of aryl methyl sites for hydroxylation is 1. The van der Waals surface area contributed by atoms with Gasteiger partial charge >= 0.3 is 5.97 Å². The fourth-order valence-corrected chi connectivity index (χ4v) is 4.42. The number of carboxylic acid groups (broad SMARTS) is 1. The molecule has 1 fully saturated rings. The molecule has 0 radical (unpaired) electrons. The number of hydrogen-bond acceptors (Lipinski definition) is 5. The van der Waals surface area contributed by atoms with Crippen LogP contribution in [0.1, 0.15) is 27.0 Å². The van der Waals surface area contributed by atoms with E-state index in [9.17, 15) is 14.7 Å². The van der Waals surface area contributed by atoms with Gasteiger partial charge in [0.25, 0.3) is 5.91 Å². The molecule has 4 rings (SSSR count). The summed E-state index contributed by atoms with van der Waals surface area (Å²) in [4.78, 5) is 31.0. The molecule has 0 saturated carbocycles. The number of ether oxygens (including phenoxy) is 1. The molecule has 1 N–H and O–H groups in total. The van der Waals surface area contributed by atoms with E-state index in [1.165, 1.54) is 34.4 Å². The van der Waals surface area contributed by atoms with Crippen LogP contribution in [-0.2, 0) is 11.4 Å². The summed E-state index contributed by atoms with van der Waals surface area (Å²) >= 11 is 1.23. The number of hydrogen-bond donors (Lipinski definition) is 1. The van der Waals surface area contributed by atoms with Gasteiger partial charge in [-0.2, -0.15) is 0 Å². The Bertz CT molecular complexity index is 1330. The summed E-state index contributed by atoms with van der Waals surface area (Å²) < 4.78 is 6.06. The molecule has 1 heterocycles. The number of aromatic carboxylic acids is 1. The Morgan fingerprint density at radius 3 is 2.63 bits per heavy atom. The molecule has 0 atom stereocenters. The Labute approximate surface area is 208 Å². The van der Waals surface area contributed by atoms with Crippen molar-refractivity contribution in [3.05, 3.63) is 113 Å². The van der Waals surface area contributed by atoms with Gasteiger partial charge in [-0.3, -0.25) is 9.69 Å². The molecule has 0 unspecified atom stereocenters. The van der Waals surface area contributed by atoms with E-state index >= 15 is 0 Å². The third-order valence-corrected chi connectivity index (χ3v) is 6.24. The molecular weight excluding hydrogens is 460 g/mol. The Kier molecular flexibility index (Phi) is 7.48. The van der Waals surface area contributed by atoms with Crippen LogP contribution in [-0.4, -0.2) is 33.6 Å². The average molecular weight is 485 g/mol. The van der Waals surface area contributed by atoms with E-state index in [-0.39, 0.29) is 18.0 Å². The molecule has 0 spiro atoms. The van der Waals surface area contributed by atoms with E-state index in [4.69, 9.17) is 4.74 Å². The van der Waals surface area contributed by atoms with Crippen LogP contribution in [0.2, 0.25) is 0 Å². The van der Waals surface area contributed by atoms with Gasteiger partial charge in [0.2, 0.25) is 0 Å². The normalized spacial score (nSPS) is 15.6. The summed E-state index contributed by atoms with van der Waals surface area (Å²) in [5.74, 6) is -0.562. The lowest BCUT2D eigenvalue weighted by molar-refractivity contribution is -0.121. The number of carboxylic acids is 1. The van der Waals surface area contributed by atoms with Gasteiger partial charge in [0.05, 0.1) is 16.2 Å². The lowest BCUT2D eigenvalue weighted by Gasteiger charge is -2.12. The molecule has 1 aliphatic rings. The Hall–Kier alpha value is -4.10. The molecule has 0 aliphatic carbocycles. The quantitative estimate of drug-likeness (QED) is 0.310. The van der Waals surface area contributed by atoms with E-state index in [0.29, 0.717) is 28.1 Å². The largest absolute Gasteiger partial charge is 0.488 e. The molecule has 1 amide bonds. The summed E-state index contributed by atoms with van der Waals surface area (Å²) in [6, 6.07) is 22.0. The molecule has 3 aromatic rings. The molecule has 6 nitrogen and oxygen atoms in total. The van der Waals surface area contributed by atoms with Gasteiger partial charge in [-0.15, -0.1) is 6.58 Å². The number of benzene rings is 3. The molecule has 0 aromatic heterocycles. The number of amides is 1. The van der Waals surface area contributed by atoms with Crippen molar-refractivity contribution in [3.8, 4) is 5.75 Å². The van der Waals surface area contributed by atoms with Crippen molar-refractivity contribution < 1.29 is 19.4 Å². The first-order chi connectivity index (χ1) is 16.9. The first-order valence-electron chi connectivity index (χ1n) is 11.0. The third-order valence-electron chi connectivity index (χ3n) is 5.24. The molecule has 35 heavy (non-hydrogen) atoms. The maximum atomic E-state index is 13.2. The lowest BCUT2D eigenvalue weighted by atomic mass is 10.1. The first-order valence-corrected chi connectivity index (χ1v) is 11.8. The number of aliphatic imine (C=N–C) groups is 1. The van der Waals surface area contributed by atoms with Crippen molar-refractivity contribution in [2.45, 2.75) is 13.5 Å². The maximum absolute atomic E-state index is 13.2. The van der Waals surface area contributed by atoms with Crippen LogP contribution in [0.25, 0.3) is 6.08 Å². The fourth-order valence-electron chi connectivity index (χ4n) is 3.42. The average Bonchev–Trinajstić information content (AvgIpc) is 3.14. The predicted octanol–water partition coefficient (Wildman–Crippen LogP) is 6.06. The highest BCUT2D eigenvalue weighted by Crippen LogP contribution is 2.35. The molecule has 176 valence electrons. The second-order valence-electron chi connectivity index (χ2n) is 7.88. The highest BCUT2D eigenvalue weighted by atomic mass is 32.2. The Morgan fingerprint density at radius 1 is 1.11 bits per heavy atom. The molecule has 7 heteroatoms. The number of rotatable bonds is 8. The van der Waals surface area contributed by atoms with Gasteiger partial charge < -0.3 is 9.84 Å². The molecular formula is C28H24N2O4S. The van der Waals surface area contributed by atoms with Crippen LogP contribution < -0.4 is 4.74 Å². The van der Waals surface area contributed by atoms with E-state index in [2.05, 4.69) is 11.6 Å². The second-order valence-corrected chi connectivity index (χ2v) is 8.89. The number of carbonyl (C=O) groups excluding carboxylic acids is 1. The van der Waals surface area contributed by atoms with Crippen molar-refractivity contribution in [3.63, 3.8) is 0 Å². The number of para-hydroxylation sites is 1. The number of nitrogens with zero attached hydrogens (tertiary/aromatic N) is 2. The van der Waals surface area contributed by atoms with Crippen LogP contribution in [0.15, 0.2) is 95.3 Å². The zero-order valence-electron chi connectivity index (χ0n) is 19.2. The highest BCUT2D eigenvalue weighted by Gasteiger charge is 2.32. The maximum Gasteiger partial charge on any atom is 0.335 e. The topological polar surface area (TPSA) is 79.2 Å². The summed E-state index contributed by atoms with van der Waals surface area (Å²) in [6.45, 7) is 6.48. The Morgan fingerprint density at radius 2 is 1.89 bits per heavy atom. The van der Waals surface area contributed by atoms with Gasteiger partial charge in [0.15, 0.2) is 5.17 Å². The Balaban J connectivity index is 1.61. The summed E-state index contributed by atoms with van der Waals surface area (Å²) in [5, 5.41) is 9.72. The van der Waals surface area contributed by atoms with Gasteiger partial charge in [0.1, 0.15) is 12.4 Å². The van der Waals surface area contributed by atoms with E-state index < -0.39 is 5.97 Å². The van der Waals surface area contributed by atoms with Crippen molar-refractivity contribution in [2.75, 3.05) is 6.54 Å². The van der Waals surface area contributed by atoms with Crippen LogP contribution in [0.4, 0.5) is 5.69 Å². The fraction of sp³-hybridized carbons (Fsp3) is 0.107. The van der Waals surface area contributed by atoms with Crippen LogP contribution in [0.5, 0.6) is 5.75 Å². The van der Waals surface area contributed by atoms with Crippen molar-refractivity contribution >= 4 is 40.6 Å². The minimum Gasteiger partial charge on any atom is -0.488 e. The van der Waals surface area contributed by atoms with Crippen LogP contribution in [0, 0.1) is 6.92 Å². The zero-order chi connectivity index (χ0) is 24.8. The summed E-state index contributed by atoms with van der Waals surface area (Å²) in [7, 11) is 0. The van der Waals surface area contributed by atoms with Crippen molar-refractivity contribution in [1.29, 1.82) is 0 Å². The molecule has 1 saturated heterocycles. The van der Waals surface area contributed by atoms with Gasteiger partial charge in [0, 0.05) is 12.1 Å². The van der Waals surface area contributed by atoms with Crippen LogP contribution in [0.3, 0.4) is 0 Å². The molecule has 0 bridgehead atoms. The zero-order valence-corrected chi connectivity index (χ0v) is 20.0. The van der Waals surface area contributed by atoms with Crippen molar-refractivity contribution in [2.24, 2.45) is 4.99 Å². The van der Waals surface area contributed by atoms with E-state index in [0.717, 1.165) is 11.1 Å². The van der Waals surface area contributed by atoms with E-state index in [1.54, 1.807) is 24.3 Å². The predicted molar refractivity (Wildman–Crippen MR) is 140 cm³/mol. The summed E-state index contributed by atoms with van der Waals surface area (Å²) in [5.41, 5.74) is 3.61. The van der Waals surface area contributed by atoms with Crippen LogP contribution >= 0.6 is 11.8 Å². The number of carbonyl (C=O) groups is 2. The standard InChI is InChI=1S/C28H24N2O4S/c1-3-15-30-26(31)25(35-28(30)29-23-9-6-8-22(16-23)27(32)33)17-21-7-4-5-10-24(21)34-18-20-13-11-19(2)12-14-20/h3-14,16-17H,1,15,18H2,2H3,(H,32,33)/b25-17-,29-28?. The second kappa shape index (κ2) is 10.9. The van der Waals surface area contributed by atoms with Crippen molar-refractivity contribution in [1.82, 2.24) is 4.90 Å². The summed E-state index contributed by atoms with van der Waals surface area (Å²) in [6.07, 6.45) is 3.42. The number of amidine groups is 1. The third kappa shape index (κ3) is 5.88. The van der Waals surface area contributed by atoms with Gasteiger partial charge in [-0.25, -0.2) is 9.79 Å².